The fourth-order valence-electron chi connectivity index (χ4n) is 3.12. The molecule has 114 valence electrons. The third-order valence-electron chi connectivity index (χ3n) is 4.14. The normalized spacial score (nSPS) is 21.9. The van der Waals surface area contributed by atoms with Crippen LogP contribution in [0, 0.1) is 15.5 Å². The van der Waals surface area contributed by atoms with Crippen molar-refractivity contribution in [2.24, 2.45) is 5.41 Å². The largest absolute Gasteiger partial charge is 0.480 e. The average molecular weight is 292 g/mol. The Morgan fingerprint density at radius 1 is 1.43 bits per heavy atom. The first kappa shape index (κ1) is 15.4. The number of carbonyl (C=O) groups is 1. The van der Waals surface area contributed by atoms with Gasteiger partial charge in [-0.1, -0.05) is 26.0 Å². The van der Waals surface area contributed by atoms with Crippen molar-refractivity contribution in [3.63, 3.8) is 0 Å². The maximum absolute atomic E-state index is 11.6. The Morgan fingerprint density at radius 2 is 2.05 bits per heavy atom. The highest BCUT2D eigenvalue weighted by Crippen LogP contribution is 2.36. The highest BCUT2D eigenvalue weighted by atomic mass is 16.6. The summed E-state index contributed by atoms with van der Waals surface area (Å²) in [5.74, 6) is -0.804. The van der Waals surface area contributed by atoms with Crippen molar-refractivity contribution in [3.8, 4) is 0 Å². The second-order valence-electron chi connectivity index (χ2n) is 6.23. The van der Waals surface area contributed by atoms with Gasteiger partial charge in [-0.2, -0.15) is 0 Å². The van der Waals surface area contributed by atoms with E-state index in [4.69, 9.17) is 0 Å². The Morgan fingerprint density at radius 3 is 2.57 bits per heavy atom. The summed E-state index contributed by atoms with van der Waals surface area (Å²) in [5, 5.41) is 20.2. The van der Waals surface area contributed by atoms with Crippen LogP contribution in [0.3, 0.4) is 0 Å². The number of benzene rings is 1. The highest BCUT2D eigenvalue weighted by Gasteiger charge is 2.42. The van der Waals surface area contributed by atoms with Crippen LogP contribution < -0.4 is 0 Å². The average Bonchev–Trinajstić information content (AvgIpc) is 2.37. The Bertz CT molecular complexity index is 539. The second-order valence-corrected chi connectivity index (χ2v) is 6.23. The van der Waals surface area contributed by atoms with Gasteiger partial charge in [0.25, 0.3) is 5.69 Å². The van der Waals surface area contributed by atoms with Gasteiger partial charge in [0, 0.05) is 18.7 Å². The Balaban J connectivity index is 2.16. The molecule has 6 heteroatoms. The molecule has 1 atom stereocenters. The predicted molar refractivity (Wildman–Crippen MR) is 77.9 cm³/mol. The molecule has 1 aromatic rings. The summed E-state index contributed by atoms with van der Waals surface area (Å²) in [4.78, 5) is 23.7. The number of nitrogens with zero attached hydrogens (tertiary/aromatic N) is 2. The number of carboxylic acid groups (broad SMARTS) is 1. The Labute approximate surface area is 123 Å². The first-order valence-electron chi connectivity index (χ1n) is 7.01. The molecular weight excluding hydrogens is 272 g/mol. The molecule has 1 aromatic carbocycles. The predicted octanol–water partition coefficient (Wildman–Crippen LogP) is 2.67. The number of aliphatic carboxylic acids is 1. The van der Waals surface area contributed by atoms with Crippen LogP contribution in [0.1, 0.15) is 32.3 Å². The number of nitro groups is 1. The van der Waals surface area contributed by atoms with E-state index in [0.29, 0.717) is 6.54 Å². The molecule has 2 rings (SSSR count). The van der Waals surface area contributed by atoms with E-state index < -0.39 is 16.9 Å². The van der Waals surface area contributed by atoms with Crippen LogP contribution in [0.25, 0.3) is 0 Å². The van der Waals surface area contributed by atoms with Gasteiger partial charge in [-0.05, 0) is 30.4 Å². The first-order chi connectivity index (χ1) is 9.81. The third-order valence-corrected chi connectivity index (χ3v) is 4.14. The van der Waals surface area contributed by atoms with E-state index in [2.05, 4.69) is 0 Å². The van der Waals surface area contributed by atoms with Gasteiger partial charge in [-0.15, -0.1) is 0 Å². The minimum absolute atomic E-state index is 0.0486. The molecule has 1 fully saturated rings. The fraction of sp³-hybridized carbons (Fsp3) is 0.533. The van der Waals surface area contributed by atoms with E-state index in [0.717, 1.165) is 24.9 Å². The molecule has 0 radical (unpaired) electrons. The van der Waals surface area contributed by atoms with Gasteiger partial charge in [0.1, 0.15) is 6.04 Å². The van der Waals surface area contributed by atoms with Gasteiger partial charge in [0.2, 0.25) is 0 Å². The number of rotatable bonds is 4. The maximum Gasteiger partial charge on any atom is 0.321 e. The zero-order chi connectivity index (χ0) is 15.6. The van der Waals surface area contributed by atoms with Crippen LogP contribution in [-0.2, 0) is 11.3 Å². The van der Waals surface area contributed by atoms with Gasteiger partial charge in [-0.3, -0.25) is 19.8 Å². The lowest BCUT2D eigenvalue weighted by atomic mass is 9.76. The van der Waals surface area contributed by atoms with Crippen molar-refractivity contribution in [2.75, 3.05) is 6.54 Å². The molecule has 0 spiro atoms. The van der Waals surface area contributed by atoms with Crippen molar-refractivity contribution in [1.29, 1.82) is 0 Å². The molecule has 1 aliphatic rings. The lowest BCUT2D eigenvalue weighted by molar-refractivity contribution is -0.384. The Kier molecular flexibility index (Phi) is 4.27. The molecule has 1 N–H and O–H groups in total. The number of non-ortho nitro benzene ring substituents is 1. The van der Waals surface area contributed by atoms with E-state index >= 15 is 0 Å². The van der Waals surface area contributed by atoms with E-state index in [-0.39, 0.29) is 11.1 Å². The zero-order valence-electron chi connectivity index (χ0n) is 12.3. The third kappa shape index (κ3) is 3.39. The summed E-state index contributed by atoms with van der Waals surface area (Å²) in [7, 11) is 0. The van der Waals surface area contributed by atoms with Crippen molar-refractivity contribution in [1.82, 2.24) is 4.90 Å². The molecule has 1 unspecified atom stereocenters. The standard InChI is InChI=1S/C15H20N2O4/c1-15(2)8-3-9-16(13(15)14(18)19)10-11-4-6-12(7-5-11)17(20)21/h4-7,13H,3,8-10H2,1-2H3,(H,18,19). The van der Waals surface area contributed by atoms with Gasteiger partial charge >= 0.3 is 5.97 Å². The molecule has 0 bridgehead atoms. The summed E-state index contributed by atoms with van der Waals surface area (Å²) in [6.45, 7) is 5.19. The molecule has 1 heterocycles. The molecule has 0 aliphatic carbocycles. The van der Waals surface area contributed by atoms with Crippen molar-refractivity contribution in [3.05, 3.63) is 39.9 Å². The van der Waals surface area contributed by atoms with Crippen LogP contribution in [0.4, 0.5) is 5.69 Å². The van der Waals surface area contributed by atoms with Gasteiger partial charge < -0.3 is 5.11 Å². The molecule has 0 aromatic heterocycles. The summed E-state index contributed by atoms with van der Waals surface area (Å²) in [5.41, 5.74) is 0.669. The molecule has 1 saturated heterocycles. The summed E-state index contributed by atoms with van der Waals surface area (Å²) < 4.78 is 0. The maximum atomic E-state index is 11.6. The zero-order valence-corrected chi connectivity index (χ0v) is 12.3. The van der Waals surface area contributed by atoms with Gasteiger partial charge in [0.05, 0.1) is 4.92 Å². The van der Waals surface area contributed by atoms with Crippen LogP contribution in [0.15, 0.2) is 24.3 Å². The highest BCUT2D eigenvalue weighted by molar-refractivity contribution is 5.74. The summed E-state index contributed by atoms with van der Waals surface area (Å²) in [6, 6.07) is 5.78. The smallest absolute Gasteiger partial charge is 0.321 e. The second kappa shape index (κ2) is 5.81. The van der Waals surface area contributed by atoms with Crippen molar-refractivity contribution < 1.29 is 14.8 Å². The minimum atomic E-state index is -0.804. The monoisotopic (exact) mass is 292 g/mol. The summed E-state index contributed by atoms with van der Waals surface area (Å²) in [6.07, 6.45) is 1.85. The molecular formula is C15H20N2O4. The number of nitro benzene ring substituents is 1. The molecule has 1 aliphatic heterocycles. The van der Waals surface area contributed by atoms with E-state index in [1.165, 1.54) is 12.1 Å². The quantitative estimate of drug-likeness (QED) is 0.681. The number of hydrogen-bond acceptors (Lipinski definition) is 4. The van der Waals surface area contributed by atoms with Crippen molar-refractivity contribution >= 4 is 11.7 Å². The molecule has 0 saturated carbocycles. The molecule has 21 heavy (non-hydrogen) atoms. The van der Waals surface area contributed by atoms with E-state index in [9.17, 15) is 20.0 Å². The Hall–Kier alpha value is -1.95. The van der Waals surface area contributed by atoms with Crippen LogP contribution in [0.5, 0.6) is 0 Å². The number of carboxylic acids is 1. The van der Waals surface area contributed by atoms with Crippen LogP contribution >= 0.6 is 0 Å². The van der Waals surface area contributed by atoms with E-state index in [1.54, 1.807) is 12.1 Å². The number of likely N-dealkylation sites (tertiary alicyclic amines) is 1. The SMILES string of the molecule is CC1(C)CCCN(Cc2ccc([N+](=O)[O-])cc2)C1C(=O)O. The molecule has 6 nitrogen and oxygen atoms in total. The number of hydrogen-bond donors (Lipinski definition) is 1. The van der Waals surface area contributed by atoms with Crippen LogP contribution in [-0.4, -0.2) is 33.5 Å². The minimum Gasteiger partial charge on any atom is -0.480 e. The fourth-order valence-corrected chi connectivity index (χ4v) is 3.12. The van der Waals surface area contributed by atoms with Crippen molar-refractivity contribution in [2.45, 2.75) is 39.3 Å². The topological polar surface area (TPSA) is 83.7 Å². The first-order valence-corrected chi connectivity index (χ1v) is 7.01. The molecule has 0 amide bonds. The van der Waals surface area contributed by atoms with Gasteiger partial charge in [0.15, 0.2) is 0 Å². The van der Waals surface area contributed by atoms with Crippen LogP contribution in [0.2, 0.25) is 0 Å². The van der Waals surface area contributed by atoms with E-state index in [1.807, 2.05) is 18.7 Å². The lowest BCUT2D eigenvalue weighted by Crippen LogP contribution is -2.53. The number of piperidine rings is 1. The lowest BCUT2D eigenvalue weighted by Gasteiger charge is -2.44. The van der Waals surface area contributed by atoms with Gasteiger partial charge in [-0.25, -0.2) is 0 Å². The summed E-state index contributed by atoms with van der Waals surface area (Å²) >= 11 is 0.